The summed E-state index contributed by atoms with van der Waals surface area (Å²) in [6, 6.07) is -2.67. The van der Waals surface area contributed by atoms with Gasteiger partial charge < -0.3 is 20.8 Å². The molecule has 0 saturated carbocycles. The molecule has 0 aliphatic carbocycles. The van der Waals surface area contributed by atoms with E-state index in [1.54, 1.807) is 0 Å². The van der Waals surface area contributed by atoms with Crippen molar-refractivity contribution in [2.75, 3.05) is 6.54 Å². The lowest BCUT2D eigenvalue weighted by atomic mass is 10.2. The van der Waals surface area contributed by atoms with E-state index in [0.29, 0.717) is 0 Å². The molecule has 0 saturated heterocycles. The maximum atomic E-state index is 11.8. The first kappa shape index (κ1) is 17.0. The highest BCUT2D eigenvalue weighted by Gasteiger charge is 2.26. The zero-order valence-electron chi connectivity index (χ0n) is 9.66. The molecule has 0 aromatic heterocycles. The zero-order valence-corrected chi connectivity index (χ0v) is 9.66. The summed E-state index contributed by atoms with van der Waals surface area (Å²) in [6.45, 7) is -0.301. The Balaban J connectivity index is 4.00. The normalized spacial score (nSPS) is 12.6. The third-order valence-electron chi connectivity index (χ3n) is 1.90. The molecule has 0 bridgehead atoms. The molecule has 0 fully saturated rings. The minimum absolute atomic E-state index is 0.301. The number of rotatable bonds is 7. The number of nitrogens with one attached hydrogen (secondary N) is 2. The van der Waals surface area contributed by atoms with Crippen LogP contribution in [0.2, 0.25) is 0 Å². The minimum Gasteiger partial charge on any atom is -0.481 e. The Bertz CT molecular complexity index is 345. The van der Waals surface area contributed by atoms with Gasteiger partial charge in [0.2, 0.25) is 0 Å². The van der Waals surface area contributed by atoms with Gasteiger partial charge in [-0.15, -0.1) is 0 Å². The molecule has 19 heavy (non-hydrogen) atoms. The molecular formula is C9H13F3N2O5. The van der Waals surface area contributed by atoms with Crippen LogP contribution in [0, 0.1) is 0 Å². The SMILES string of the molecule is O=C(O)CC(NC(=O)NCCCC(F)(F)F)C(=O)O. The van der Waals surface area contributed by atoms with E-state index in [9.17, 15) is 27.6 Å². The van der Waals surface area contributed by atoms with E-state index < -0.39 is 43.0 Å². The van der Waals surface area contributed by atoms with Gasteiger partial charge >= 0.3 is 24.1 Å². The standard InChI is InChI=1S/C9H13F3N2O5/c10-9(11,12)2-1-3-13-8(19)14-5(7(17)18)4-6(15)16/h5H,1-4H2,(H,15,16)(H,17,18)(H2,13,14,19). The van der Waals surface area contributed by atoms with Crippen LogP contribution in [0.15, 0.2) is 0 Å². The second-order valence-electron chi connectivity index (χ2n) is 3.61. The number of urea groups is 1. The van der Waals surface area contributed by atoms with E-state index in [1.165, 1.54) is 0 Å². The van der Waals surface area contributed by atoms with Crippen molar-refractivity contribution in [2.45, 2.75) is 31.5 Å². The number of alkyl halides is 3. The molecule has 0 aliphatic rings. The molecule has 0 spiro atoms. The highest BCUT2D eigenvalue weighted by atomic mass is 19.4. The zero-order chi connectivity index (χ0) is 15.1. The molecule has 1 atom stereocenters. The molecule has 4 N–H and O–H groups in total. The van der Waals surface area contributed by atoms with E-state index in [1.807, 2.05) is 10.6 Å². The van der Waals surface area contributed by atoms with E-state index in [-0.39, 0.29) is 13.0 Å². The topological polar surface area (TPSA) is 116 Å². The van der Waals surface area contributed by atoms with E-state index in [2.05, 4.69) is 0 Å². The van der Waals surface area contributed by atoms with Gasteiger partial charge in [0.15, 0.2) is 0 Å². The molecule has 0 heterocycles. The number of aliphatic carboxylic acids is 2. The van der Waals surface area contributed by atoms with Crippen LogP contribution in [0.25, 0.3) is 0 Å². The molecule has 0 aromatic rings. The van der Waals surface area contributed by atoms with Gasteiger partial charge in [-0.1, -0.05) is 0 Å². The molecule has 10 heteroatoms. The average molecular weight is 286 g/mol. The lowest BCUT2D eigenvalue weighted by Crippen LogP contribution is -2.47. The van der Waals surface area contributed by atoms with Gasteiger partial charge in [0, 0.05) is 13.0 Å². The van der Waals surface area contributed by atoms with Crippen molar-refractivity contribution in [1.82, 2.24) is 10.6 Å². The summed E-state index contributed by atoms with van der Waals surface area (Å²) in [5.74, 6) is -2.97. The van der Waals surface area contributed by atoms with Crippen molar-refractivity contribution in [3.05, 3.63) is 0 Å². The maximum absolute atomic E-state index is 11.8. The number of amides is 2. The van der Waals surface area contributed by atoms with E-state index in [0.717, 1.165) is 0 Å². The van der Waals surface area contributed by atoms with Crippen LogP contribution >= 0.6 is 0 Å². The summed E-state index contributed by atoms with van der Waals surface area (Å²) in [5, 5.41) is 20.8. The van der Waals surface area contributed by atoms with Crippen molar-refractivity contribution in [3.63, 3.8) is 0 Å². The summed E-state index contributed by atoms with van der Waals surface area (Å²) >= 11 is 0. The van der Waals surface area contributed by atoms with Crippen molar-refractivity contribution < 1.29 is 37.8 Å². The van der Waals surface area contributed by atoms with Crippen LogP contribution in [0.5, 0.6) is 0 Å². The second kappa shape index (κ2) is 7.44. The summed E-state index contributed by atoms with van der Waals surface area (Å²) in [4.78, 5) is 32.0. The van der Waals surface area contributed by atoms with Crippen LogP contribution in [0.3, 0.4) is 0 Å². The van der Waals surface area contributed by atoms with E-state index in [4.69, 9.17) is 10.2 Å². The van der Waals surface area contributed by atoms with Gasteiger partial charge in [-0.3, -0.25) is 4.79 Å². The fourth-order valence-electron chi connectivity index (χ4n) is 1.07. The number of hydrogen-bond acceptors (Lipinski definition) is 3. The molecule has 0 radical (unpaired) electrons. The summed E-state index contributed by atoms with van der Waals surface area (Å²) in [7, 11) is 0. The Kier molecular flexibility index (Phi) is 6.66. The molecule has 7 nitrogen and oxygen atoms in total. The van der Waals surface area contributed by atoms with Crippen LogP contribution < -0.4 is 10.6 Å². The van der Waals surface area contributed by atoms with Gasteiger partial charge in [0.05, 0.1) is 6.42 Å². The number of carboxylic acid groups (broad SMARTS) is 2. The average Bonchev–Trinajstić information content (AvgIpc) is 2.21. The Labute approximate surface area is 105 Å². The first-order valence-electron chi connectivity index (χ1n) is 5.17. The van der Waals surface area contributed by atoms with Crippen molar-refractivity contribution in [1.29, 1.82) is 0 Å². The number of carboxylic acids is 2. The summed E-state index contributed by atoms with van der Waals surface area (Å²) < 4.78 is 35.3. The quantitative estimate of drug-likeness (QED) is 0.510. The van der Waals surface area contributed by atoms with Crippen molar-refractivity contribution >= 4 is 18.0 Å². The first-order chi connectivity index (χ1) is 8.61. The Morgan fingerprint density at radius 2 is 1.74 bits per heavy atom. The fourth-order valence-corrected chi connectivity index (χ4v) is 1.07. The van der Waals surface area contributed by atoms with Crippen LogP contribution in [-0.4, -0.2) is 46.9 Å². The lowest BCUT2D eigenvalue weighted by Gasteiger charge is -2.13. The van der Waals surface area contributed by atoms with Gasteiger partial charge in [-0.2, -0.15) is 13.2 Å². The predicted octanol–water partition coefficient (Wildman–Crippen LogP) is 0.556. The molecule has 0 aromatic carbocycles. The Morgan fingerprint density at radius 1 is 1.16 bits per heavy atom. The fraction of sp³-hybridized carbons (Fsp3) is 0.667. The third kappa shape index (κ3) is 9.68. The molecule has 0 rings (SSSR count). The van der Waals surface area contributed by atoms with Gasteiger partial charge in [0.25, 0.3) is 0 Å². The van der Waals surface area contributed by atoms with Gasteiger partial charge in [-0.05, 0) is 6.42 Å². The van der Waals surface area contributed by atoms with Crippen LogP contribution in [0.1, 0.15) is 19.3 Å². The van der Waals surface area contributed by atoms with Crippen LogP contribution in [-0.2, 0) is 9.59 Å². The third-order valence-corrected chi connectivity index (χ3v) is 1.90. The van der Waals surface area contributed by atoms with Crippen LogP contribution in [0.4, 0.5) is 18.0 Å². The smallest absolute Gasteiger partial charge is 0.389 e. The molecule has 110 valence electrons. The van der Waals surface area contributed by atoms with Crippen molar-refractivity contribution in [2.24, 2.45) is 0 Å². The maximum Gasteiger partial charge on any atom is 0.389 e. The molecular weight excluding hydrogens is 273 g/mol. The summed E-state index contributed by atoms with van der Waals surface area (Å²) in [6.07, 6.45) is -6.59. The Morgan fingerprint density at radius 3 is 2.16 bits per heavy atom. The van der Waals surface area contributed by atoms with Gasteiger partial charge in [0.1, 0.15) is 6.04 Å². The monoisotopic (exact) mass is 286 g/mol. The van der Waals surface area contributed by atoms with E-state index >= 15 is 0 Å². The highest BCUT2D eigenvalue weighted by molar-refractivity contribution is 5.86. The highest BCUT2D eigenvalue weighted by Crippen LogP contribution is 2.20. The Hall–Kier alpha value is -2.00. The number of halogens is 3. The molecule has 0 aliphatic heterocycles. The molecule has 1 unspecified atom stereocenters. The number of hydrogen-bond donors (Lipinski definition) is 4. The predicted molar refractivity (Wildman–Crippen MR) is 55.5 cm³/mol. The minimum atomic E-state index is -4.33. The second-order valence-corrected chi connectivity index (χ2v) is 3.61. The molecule has 2 amide bonds. The largest absolute Gasteiger partial charge is 0.481 e. The van der Waals surface area contributed by atoms with Gasteiger partial charge in [-0.25, -0.2) is 9.59 Å². The number of carbonyl (C=O) groups excluding carboxylic acids is 1. The lowest BCUT2D eigenvalue weighted by molar-refractivity contribution is -0.145. The van der Waals surface area contributed by atoms with Crippen molar-refractivity contribution in [3.8, 4) is 0 Å². The number of carbonyl (C=O) groups is 3. The summed E-state index contributed by atoms with van der Waals surface area (Å²) in [5.41, 5.74) is 0. The first-order valence-corrected chi connectivity index (χ1v) is 5.17.